The second kappa shape index (κ2) is 7.11. The molecule has 1 atom stereocenters. The van der Waals surface area contributed by atoms with E-state index in [1.54, 1.807) is 6.92 Å². The summed E-state index contributed by atoms with van der Waals surface area (Å²) in [5.74, 6) is -0.964. The van der Waals surface area contributed by atoms with E-state index in [0.29, 0.717) is 6.54 Å². The van der Waals surface area contributed by atoms with Crippen LogP contribution in [0.15, 0.2) is 24.3 Å². The Morgan fingerprint density at radius 1 is 1.24 bits per heavy atom. The Morgan fingerprint density at radius 3 is 2.43 bits per heavy atom. The van der Waals surface area contributed by atoms with Gasteiger partial charge in [0.15, 0.2) is 0 Å². The van der Waals surface area contributed by atoms with Crippen molar-refractivity contribution < 1.29 is 14.7 Å². The number of rotatable bonds is 5. The maximum atomic E-state index is 11.9. The number of benzene rings is 1. The molecule has 1 unspecified atom stereocenters. The molecule has 0 aliphatic rings. The number of urea groups is 1. The summed E-state index contributed by atoms with van der Waals surface area (Å²) in [5, 5.41) is 14.2. The average Bonchev–Trinajstić information content (AvgIpc) is 2.35. The molecule has 0 aromatic heterocycles. The molecule has 0 bridgehead atoms. The maximum Gasteiger partial charge on any atom is 0.319 e. The molecule has 0 saturated heterocycles. The van der Waals surface area contributed by atoms with Gasteiger partial charge in [0, 0.05) is 18.7 Å². The van der Waals surface area contributed by atoms with Crippen LogP contribution in [0.5, 0.6) is 0 Å². The smallest absolute Gasteiger partial charge is 0.319 e. The number of nitrogens with one attached hydrogen (secondary N) is 2. The van der Waals surface area contributed by atoms with Gasteiger partial charge in [-0.25, -0.2) is 4.79 Å². The minimum Gasteiger partial charge on any atom is -0.481 e. The fourth-order valence-electron chi connectivity index (χ4n) is 2.05. The van der Waals surface area contributed by atoms with E-state index in [0.717, 1.165) is 11.3 Å². The van der Waals surface area contributed by atoms with Gasteiger partial charge in [0.2, 0.25) is 0 Å². The summed E-state index contributed by atoms with van der Waals surface area (Å²) in [6.45, 7) is 8.37. The van der Waals surface area contributed by atoms with Gasteiger partial charge in [-0.15, -0.1) is 0 Å². The van der Waals surface area contributed by atoms with Gasteiger partial charge in [0.25, 0.3) is 0 Å². The van der Waals surface area contributed by atoms with Crippen LogP contribution in [-0.4, -0.2) is 23.7 Å². The van der Waals surface area contributed by atoms with E-state index in [9.17, 15) is 9.59 Å². The quantitative estimate of drug-likeness (QED) is 0.779. The standard InChI is InChI=1S/C16H24N2O3/c1-11(9-14(19)20)10-17-15(21)18-13-8-6-5-7-12(13)16(2,3)4/h5-8,11H,9-10H2,1-4H3,(H,19,20)(H2,17,18,21). The van der Waals surface area contributed by atoms with Crippen molar-refractivity contribution in [2.45, 2.75) is 39.5 Å². The minimum atomic E-state index is -0.859. The third kappa shape index (κ3) is 5.85. The lowest BCUT2D eigenvalue weighted by Gasteiger charge is -2.23. The number of carboxylic acid groups (broad SMARTS) is 1. The van der Waals surface area contributed by atoms with Crippen LogP contribution in [0.25, 0.3) is 0 Å². The van der Waals surface area contributed by atoms with Crippen LogP contribution in [0.1, 0.15) is 39.7 Å². The first-order chi connectivity index (χ1) is 9.70. The van der Waals surface area contributed by atoms with Gasteiger partial charge in [0.1, 0.15) is 0 Å². The van der Waals surface area contributed by atoms with Gasteiger partial charge in [-0.2, -0.15) is 0 Å². The van der Waals surface area contributed by atoms with E-state index in [2.05, 4.69) is 31.4 Å². The zero-order chi connectivity index (χ0) is 16.0. The molecule has 0 spiro atoms. The predicted octanol–water partition coefficient (Wildman–Crippen LogP) is 3.22. The number of hydrogen-bond acceptors (Lipinski definition) is 2. The molecule has 3 N–H and O–H groups in total. The number of hydrogen-bond donors (Lipinski definition) is 3. The van der Waals surface area contributed by atoms with Crippen LogP contribution in [0, 0.1) is 5.92 Å². The topological polar surface area (TPSA) is 78.4 Å². The predicted molar refractivity (Wildman–Crippen MR) is 83.6 cm³/mol. The Labute approximate surface area is 125 Å². The van der Waals surface area contributed by atoms with Gasteiger partial charge >= 0.3 is 12.0 Å². The molecule has 21 heavy (non-hydrogen) atoms. The van der Waals surface area contributed by atoms with Crippen molar-refractivity contribution in [3.05, 3.63) is 29.8 Å². The van der Waals surface area contributed by atoms with Crippen molar-refractivity contribution in [2.75, 3.05) is 11.9 Å². The Kier molecular flexibility index (Phi) is 5.76. The molecule has 0 aliphatic carbocycles. The van der Waals surface area contributed by atoms with E-state index >= 15 is 0 Å². The van der Waals surface area contributed by atoms with Crippen molar-refractivity contribution >= 4 is 17.7 Å². The molecule has 5 heteroatoms. The first-order valence-electron chi connectivity index (χ1n) is 7.06. The molecule has 0 heterocycles. The van der Waals surface area contributed by atoms with Crippen LogP contribution in [0.3, 0.4) is 0 Å². The third-order valence-corrected chi connectivity index (χ3v) is 3.12. The fraction of sp³-hybridized carbons (Fsp3) is 0.500. The summed E-state index contributed by atoms with van der Waals surface area (Å²) in [6, 6.07) is 7.35. The van der Waals surface area contributed by atoms with Crippen LogP contribution < -0.4 is 10.6 Å². The van der Waals surface area contributed by atoms with Gasteiger partial charge in [-0.05, 0) is 23.0 Å². The Balaban J connectivity index is 2.62. The number of carbonyl (C=O) groups is 2. The number of carboxylic acids is 1. The highest BCUT2D eigenvalue weighted by Gasteiger charge is 2.18. The van der Waals surface area contributed by atoms with Crippen molar-refractivity contribution in [2.24, 2.45) is 5.92 Å². The zero-order valence-electron chi connectivity index (χ0n) is 13.1. The molecular formula is C16H24N2O3. The maximum absolute atomic E-state index is 11.9. The van der Waals surface area contributed by atoms with Crippen molar-refractivity contribution in [1.82, 2.24) is 5.32 Å². The Hall–Kier alpha value is -2.04. The van der Waals surface area contributed by atoms with Gasteiger partial charge in [-0.3, -0.25) is 4.79 Å². The molecule has 1 aromatic carbocycles. The molecule has 0 radical (unpaired) electrons. The summed E-state index contributed by atoms with van der Waals surface area (Å²) >= 11 is 0. The van der Waals surface area contributed by atoms with Gasteiger partial charge in [-0.1, -0.05) is 45.9 Å². The number of anilines is 1. The number of para-hydroxylation sites is 1. The van der Waals surface area contributed by atoms with E-state index in [-0.39, 0.29) is 23.8 Å². The normalized spacial score (nSPS) is 12.6. The first-order valence-corrected chi connectivity index (χ1v) is 7.06. The summed E-state index contributed by atoms with van der Waals surface area (Å²) in [4.78, 5) is 22.5. The third-order valence-electron chi connectivity index (χ3n) is 3.12. The lowest BCUT2D eigenvalue weighted by molar-refractivity contribution is -0.137. The second-order valence-corrected chi connectivity index (χ2v) is 6.33. The van der Waals surface area contributed by atoms with Crippen LogP contribution >= 0.6 is 0 Å². The van der Waals surface area contributed by atoms with E-state index in [1.165, 1.54) is 0 Å². The Morgan fingerprint density at radius 2 is 1.86 bits per heavy atom. The Bertz CT molecular complexity index is 506. The summed E-state index contributed by atoms with van der Waals surface area (Å²) < 4.78 is 0. The van der Waals surface area contributed by atoms with Crippen LogP contribution in [0.4, 0.5) is 10.5 Å². The summed E-state index contributed by atoms with van der Waals surface area (Å²) in [7, 11) is 0. The van der Waals surface area contributed by atoms with Gasteiger partial charge < -0.3 is 15.7 Å². The number of carbonyl (C=O) groups excluding carboxylic acids is 1. The highest BCUT2D eigenvalue weighted by Crippen LogP contribution is 2.29. The average molecular weight is 292 g/mol. The van der Waals surface area contributed by atoms with Crippen LogP contribution in [-0.2, 0) is 10.2 Å². The summed E-state index contributed by atoms with van der Waals surface area (Å²) in [6.07, 6.45) is 0.0405. The van der Waals surface area contributed by atoms with Crippen molar-refractivity contribution in [1.29, 1.82) is 0 Å². The SMILES string of the molecule is CC(CNC(=O)Nc1ccccc1C(C)(C)C)CC(=O)O. The molecule has 5 nitrogen and oxygen atoms in total. The molecule has 1 aromatic rings. The highest BCUT2D eigenvalue weighted by atomic mass is 16.4. The second-order valence-electron chi connectivity index (χ2n) is 6.33. The lowest BCUT2D eigenvalue weighted by atomic mass is 9.86. The molecule has 0 saturated carbocycles. The summed E-state index contributed by atoms with van der Waals surface area (Å²) in [5.41, 5.74) is 1.76. The lowest BCUT2D eigenvalue weighted by Crippen LogP contribution is -2.33. The number of amides is 2. The zero-order valence-corrected chi connectivity index (χ0v) is 13.1. The van der Waals surface area contributed by atoms with E-state index < -0.39 is 5.97 Å². The molecule has 2 amide bonds. The van der Waals surface area contributed by atoms with E-state index in [1.807, 2.05) is 24.3 Å². The highest BCUT2D eigenvalue weighted by molar-refractivity contribution is 5.90. The van der Waals surface area contributed by atoms with Crippen LogP contribution in [0.2, 0.25) is 0 Å². The largest absolute Gasteiger partial charge is 0.481 e. The molecule has 0 fully saturated rings. The minimum absolute atomic E-state index is 0.0405. The van der Waals surface area contributed by atoms with Crippen molar-refractivity contribution in [3.8, 4) is 0 Å². The van der Waals surface area contributed by atoms with E-state index in [4.69, 9.17) is 5.11 Å². The fourth-order valence-corrected chi connectivity index (χ4v) is 2.05. The van der Waals surface area contributed by atoms with Gasteiger partial charge in [0.05, 0.1) is 0 Å². The molecule has 116 valence electrons. The first kappa shape index (κ1) is 17.0. The molecular weight excluding hydrogens is 268 g/mol. The van der Waals surface area contributed by atoms with Crippen molar-refractivity contribution in [3.63, 3.8) is 0 Å². The molecule has 0 aliphatic heterocycles. The number of aliphatic carboxylic acids is 1. The monoisotopic (exact) mass is 292 g/mol. The molecule has 1 rings (SSSR count).